The molecule has 5 aliphatic rings. The SMILES string of the molecule is CCCN1CCNCC1.CO[C@@]1(C=O)/C=C/C[C@H](C)[C@@H](C)S(=O)(=O)NC(=O)c2ccc3c(c2)N(C[C@@H]2CC[C@H]21)C[C@@]1(CCCc2cc(Cl)ccc21)CO3. The largest absolute Gasteiger partial charge is 0.490 e. The molecule has 1 spiro atoms. The average molecular weight is 769 g/mol. The monoisotopic (exact) mass is 768 g/mol. The molecule has 6 atom stereocenters. The molecule has 3 heterocycles. The molecule has 2 N–H and O–H groups in total. The normalized spacial score (nSPS) is 31.9. The van der Waals surface area contributed by atoms with Crippen molar-refractivity contribution in [3.8, 4) is 5.75 Å². The number of hydrogen-bond donors (Lipinski definition) is 2. The summed E-state index contributed by atoms with van der Waals surface area (Å²) in [4.78, 5) is 30.9. The predicted molar refractivity (Wildman–Crippen MR) is 211 cm³/mol. The molecule has 290 valence electrons. The van der Waals surface area contributed by atoms with E-state index < -0.39 is 26.8 Å². The number of ether oxygens (including phenoxy) is 2. The van der Waals surface area contributed by atoms with Crippen LogP contribution in [0.5, 0.6) is 5.75 Å². The van der Waals surface area contributed by atoms with E-state index in [4.69, 9.17) is 21.1 Å². The zero-order valence-electron chi connectivity index (χ0n) is 31.7. The Bertz CT molecular complexity index is 1760. The van der Waals surface area contributed by atoms with Crippen molar-refractivity contribution in [2.24, 2.45) is 17.8 Å². The lowest BCUT2D eigenvalue weighted by atomic mass is 9.64. The summed E-state index contributed by atoms with van der Waals surface area (Å²) in [7, 11) is -2.41. The van der Waals surface area contributed by atoms with Gasteiger partial charge in [0.2, 0.25) is 10.0 Å². The van der Waals surface area contributed by atoms with Crippen LogP contribution in [-0.2, 0) is 31.4 Å². The number of hydrogen-bond acceptors (Lipinski definition) is 9. The van der Waals surface area contributed by atoms with Crippen LogP contribution in [0.1, 0.15) is 80.8 Å². The number of aldehydes is 1. The summed E-state index contributed by atoms with van der Waals surface area (Å²) in [5.41, 5.74) is 2.05. The smallest absolute Gasteiger partial charge is 0.264 e. The highest BCUT2D eigenvalue weighted by Crippen LogP contribution is 2.48. The van der Waals surface area contributed by atoms with Gasteiger partial charge in [-0.15, -0.1) is 0 Å². The van der Waals surface area contributed by atoms with Crippen LogP contribution in [0, 0.1) is 17.8 Å². The van der Waals surface area contributed by atoms with Crippen LogP contribution >= 0.6 is 11.6 Å². The Labute approximate surface area is 321 Å². The molecule has 7 rings (SSSR count). The second-order valence-corrected chi connectivity index (χ2v) is 18.3. The minimum Gasteiger partial charge on any atom is -0.490 e. The van der Waals surface area contributed by atoms with Gasteiger partial charge in [-0.05, 0) is 118 Å². The van der Waals surface area contributed by atoms with Crippen LogP contribution in [0.2, 0.25) is 5.02 Å². The minimum absolute atomic E-state index is 0.0434. The van der Waals surface area contributed by atoms with Gasteiger partial charge in [0.25, 0.3) is 5.91 Å². The molecule has 2 aromatic rings. The Hall–Kier alpha value is -2.96. The number of aryl methyl sites for hydroxylation is 1. The van der Waals surface area contributed by atoms with Gasteiger partial charge < -0.3 is 24.6 Å². The van der Waals surface area contributed by atoms with Gasteiger partial charge in [0.05, 0.1) is 17.5 Å². The van der Waals surface area contributed by atoms with Gasteiger partial charge in [0.15, 0.2) is 6.29 Å². The molecule has 2 bridgehead atoms. The standard InChI is InChI=1S/C34H41ClN2O6S.C7H16N2/c1-22-6-4-15-34(20-38,42-3)29-11-8-26(29)18-37-19-33(14-5-7-24-16-27(35)10-12-28(24)33)21-43-31-13-9-25(17-30(31)37)32(39)36-44(40,41)23(22)2;1-2-5-9-6-3-8-4-7-9/h4,9-10,12-13,15-17,20,22-23,26,29H,5-8,11,14,18-19,21H2,1-3H3,(H,36,39);8H,2-7H2,1H3/b15-4+;/t22-,23+,26-,29+,33-,34+;/m0./s1. The zero-order chi connectivity index (χ0) is 37.8. The van der Waals surface area contributed by atoms with Gasteiger partial charge in [0.1, 0.15) is 11.4 Å². The van der Waals surface area contributed by atoms with E-state index >= 15 is 0 Å². The highest BCUT2D eigenvalue weighted by molar-refractivity contribution is 7.90. The van der Waals surface area contributed by atoms with Crippen LogP contribution < -0.4 is 19.7 Å². The van der Waals surface area contributed by atoms with E-state index in [2.05, 4.69) is 38.9 Å². The highest BCUT2D eigenvalue weighted by atomic mass is 35.5. The number of carbonyl (C=O) groups excluding carboxylic acids is 2. The molecular weight excluding hydrogens is 712 g/mol. The maximum Gasteiger partial charge on any atom is 0.264 e. The molecule has 1 saturated carbocycles. The first-order valence-electron chi connectivity index (χ1n) is 19.4. The Morgan fingerprint density at radius 3 is 2.60 bits per heavy atom. The summed E-state index contributed by atoms with van der Waals surface area (Å²) in [6.45, 7) is 13.5. The van der Waals surface area contributed by atoms with Crippen molar-refractivity contribution in [3.05, 3.63) is 70.3 Å². The Morgan fingerprint density at radius 2 is 1.91 bits per heavy atom. The van der Waals surface area contributed by atoms with Crippen molar-refractivity contribution in [3.63, 3.8) is 0 Å². The molecule has 2 aliphatic carbocycles. The van der Waals surface area contributed by atoms with Crippen molar-refractivity contribution in [2.45, 2.75) is 82.0 Å². The topological polar surface area (TPSA) is 117 Å². The number of benzene rings is 2. The summed E-state index contributed by atoms with van der Waals surface area (Å²) in [5, 5.41) is 3.21. The van der Waals surface area contributed by atoms with Gasteiger partial charge in [-0.2, -0.15) is 0 Å². The van der Waals surface area contributed by atoms with Gasteiger partial charge >= 0.3 is 0 Å². The number of methoxy groups -OCH3 is 1. The van der Waals surface area contributed by atoms with Crippen LogP contribution in [0.3, 0.4) is 0 Å². The van der Waals surface area contributed by atoms with Crippen molar-refractivity contribution < 1.29 is 27.5 Å². The quantitative estimate of drug-likeness (QED) is 0.296. The maximum atomic E-state index is 13.4. The molecule has 10 nitrogen and oxygen atoms in total. The summed E-state index contributed by atoms with van der Waals surface area (Å²) < 4.78 is 41.3. The molecule has 0 unspecified atom stereocenters. The van der Waals surface area contributed by atoms with Gasteiger partial charge in [-0.3, -0.25) is 9.59 Å². The van der Waals surface area contributed by atoms with Gasteiger partial charge in [0, 0.05) is 68.3 Å². The number of halogens is 1. The number of amides is 1. The third-order valence-electron chi connectivity index (χ3n) is 12.5. The average Bonchev–Trinajstić information content (AvgIpc) is 3.29. The number of nitrogens with one attached hydrogen (secondary N) is 2. The number of carbonyl (C=O) groups is 2. The first kappa shape index (κ1) is 39.7. The molecule has 0 radical (unpaired) electrons. The zero-order valence-corrected chi connectivity index (χ0v) is 33.3. The number of anilines is 1. The van der Waals surface area contributed by atoms with Crippen molar-refractivity contribution in [1.82, 2.24) is 14.9 Å². The lowest BCUT2D eigenvalue weighted by Gasteiger charge is -2.48. The van der Waals surface area contributed by atoms with E-state index in [-0.39, 0.29) is 28.7 Å². The van der Waals surface area contributed by atoms with Crippen molar-refractivity contribution in [1.29, 1.82) is 0 Å². The fourth-order valence-corrected chi connectivity index (χ4v) is 10.4. The molecule has 1 amide bonds. The number of fused-ring (bicyclic) bond motifs is 4. The van der Waals surface area contributed by atoms with Gasteiger partial charge in [-0.1, -0.05) is 37.6 Å². The maximum absolute atomic E-state index is 13.4. The number of rotatable bonds is 4. The van der Waals surface area contributed by atoms with E-state index in [9.17, 15) is 18.0 Å². The molecule has 12 heteroatoms. The van der Waals surface area contributed by atoms with Gasteiger partial charge in [-0.25, -0.2) is 13.1 Å². The minimum atomic E-state index is -3.97. The van der Waals surface area contributed by atoms with E-state index in [1.54, 1.807) is 32.2 Å². The van der Waals surface area contributed by atoms with Crippen LogP contribution in [0.4, 0.5) is 5.69 Å². The first-order chi connectivity index (χ1) is 25.4. The molecule has 0 aromatic heterocycles. The first-order valence-corrected chi connectivity index (χ1v) is 21.4. The van der Waals surface area contributed by atoms with Crippen molar-refractivity contribution in [2.75, 3.05) is 64.4 Å². The van der Waals surface area contributed by atoms with Crippen LogP contribution in [0.25, 0.3) is 0 Å². The lowest BCUT2D eigenvalue weighted by molar-refractivity contribution is -0.135. The second kappa shape index (κ2) is 16.8. The predicted octanol–water partition coefficient (Wildman–Crippen LogP) is 5.77. The fourth-order valence-electron chi connectivity index (χ4n) is 8.93. The Balaban J connectivity index is 0.000000468. The molecule has 2 aromatic carbocycles. The second-order valence-electron chi connectivity index (χ2n) is 15.8. The Morgan fingerprint density at radius 1 is 1.11 bits per heavy atom. The fraction of sp³-hybridized carbons (Fsp3) is 0.610. The van der Waals surface area contributed by atoms with Crippen LogP contribution in [-0.4, -0.2) is 95.9 Å². The van der Waals surface area contributed by atoms with E-state index in [1.165, 1.54) is 50.3 Å². The van der Waals surface area contributed by atoms with Crippen LogP contribution in [0.15, 0.2) is 48.6 Å². The highest BCUT2D eigenvalue weighted by Gasteiger charge is 2.49. The summed E-state index contributed by atoms with van der Waals surface area (Å²) in [6.07, 6.45) is 10.9. The number of sulfonamides is 1. The Kier molecular flexibility index (Phi) is 12.6. The van der Waals surface area contributed by atoms with E-state index in [0.717, 1.165) is 44.1 Å². The molecule has 3 aliphatic heterocycles. The molecular formula is C41H57ClN4O6S. The molecule has 2 fully saturated rings. The van der Waals surface area contributed by atoms with E-state index in [1.807, 2.05) is 25.1 Å². The molecule has 1 saturated heterocycles. The third-order valence-corrected chi connectivity index (χ3v) is 14.6. The number of nitrogens with zero attached hydrogens (tertiary/aromatic N) is 2. The molecule has 53 heavy (non-hydrogen) atoms. The lowest BCUT2D eigenvalue weighted by Crippen LogP contribution is -2.53. The van der Waals surface area contributed by atoms with Crippen molar-refractivity contribution >= 4 is 39.5 Å². The third kappa shape index (κ3) is 8.49. The number of piperazine rings is 1. The summed E-state index contributed by atoms with van der Waals surface area (Å²) in [5.74, 6) is -0.203. The number of allylic oxidation sites excluding steroid dienone is 1. The summed E-state index contributed by atoms with van der Waals surface area (Å²) in [6, 6.07) is 11.3. The van der Waals surface area contributed by atoms with E-state index in [0.29, 0.717) is 36.9 Å². The summed E-state index contributed by atoms with van der Waals surface area (Å²) >= 11 is 6.40.